The molecule has 110 valence electrons. The van der Waals surface area contributed by atoms with Crippen LogP contribution in [-0.2, 0) is 9.59 Å². The van der Waals surface area contributed by atoms with E-state index in [0.717, 1.165) is 25.8 Å². The van der Waals surface area contributed by atoms with E-state index in [4.69, 9.17) is 5.11 Å². The first-order chi connectivity index (χ1) is 8.95. The fourth-order valence-corrected chi connectivity index (χ4v) is 2.27. The average molecular weight is 270 g/mol. The highest BCUT2D eigenvalue weighted by molar-refractivity contribution is 5.82. The highest BCUT2D eigenvalue weighted by atomic mass is 16.3. The Kier molecular flexibility index (Phi) is 6.28. The van der Waals surface area contributed by atoms with Crippen molar-refractivity contribution in [3.63, 3.8) is 0 Å². The molecule has 0 saturated carbocycles. The lowest BCUT2D eigenvalue weighted by molar-refractivity contribution is -0.139. The summed E-state index contributed by atoms with van der Waals surface area (Å²) in [4.78, 5) is 25.9. The van der Waals surface area contributed by atoms with E-state index in [1.54, 1.807) is 6.92 Å². The van der Waals surface area contributed by atoms with E-state index in [1.165, 1.54) is 0 Å². The van der Waals surface area contributed by atoms with Crippen LogP contribution in [0.25, 0.3) is 0 Å². The summed E-state index contributed by atoms with van der Waals surface area (Å²) in [6, 6.07) is 0. The number of hydrogen-bond donors (Lipinski definition) is 2. The van der Waals surface area contributed by atoms with E-state index in [2.05, 4.69) is 5.32 Å². The summed E-state index contributed by atoms with van der Waals surface area (Å²) in [7, 11) is 0. The molecule has 0 aromatic heterocycles. The van der Waals surface area contributed by atoms with Gasteiger partial charge in [-0.2, -0.15) is 0 Å². The number of carbonyl (C=O) groups excluding carboxylic acids is 2. The monoisotopic (exact) mass is 270 g/mol. The quantitative estimate of drug-likeness (QED) is 0.775. The van der Waals surface area contributed by atoms with Crippen molar-refractivity contribution in [2.45, 2.75) is 46.1 Å². The lowest BCUT2D eigenvalue weighted by atomic mass is 9.95. The van der Waals surface area contributed by atoms with Crippen LogP contribution in [0, 0.1) is 11.8 Å². The molecule has 19 heavy (non-hydrogen) atoms. The highest BCUT2D eigenvalue weighted by Gasteiger charge is 2.29. The molecule has 0 aromatic rings. The third-order valence-electron chi connectivity index (χ3n) is 3.71. The summed E-state index contributed by atoms with van der Waals surface area (Å²) in [6.45, 7) is 7.10. The first kappa shape index (κ1) is 16.0. The number of nitrogens with one attached hydrogen (secondary N) is 1. The van der Waals surface area contributed by atoms with Gasteiger partial charge in [0, 0.05) is 25.6 Å². The molecule has 2 N–H and O–H groups in total. The number of likely N-dealkylation sites (tertiary alicyclic amines) is 1. The number of rotatable bonds is 5. The van der Waals surface area contributed by atoms with Crippen molar-refractivity contribution < 1.29 is 14.7 Å². The summed E-state index contributed by atoms with van der Waals surface area (Å²) in [5, 5.41) is 11.9. The van der Waals surface area contributed by atoms with Crippen LogP contribution in [0.2, 0.25) is 0 Å². The van der Waals surface area contributed by atoms with Gasteiger partial charge in [-0.05, 0) is 26.2 Å². The minimum Gasteiger partial charge on any atom is -0.392 e. The molecule has 5 heteroatoms. The fraction of sp³-hybridized carbons (Fsp3) is 0.857. The molecular weight excluding hydrogens is 244 g/mol. The van der Waals surface area contributed by atoms with Crippen LogP contribution in [0.1, 0.15) is 40.0 Å². The number of piperidine rings is 1. The number of carbonyl (C=O) groups is 2. The Morgan fingerprint density at radius 1 is 1.42 bits per heavy atom. The summed E-state index contributed by atoms with van der Waals surface area (Å²) < 4.78 is 0. The van der Waals surface area contributed by atoms with E-state index in [1.807, 2.05) is 18.7 Å². The van der Waals surface area contributed by atoms with Crippen molar-refractivity contribution in [3.8, 4) is 0 Å². The maximum Gasteiger partial charge on any atom is 0.225 e. The van der Waals surface area contributed by atoms with Gasteiger partial charge < -0.3 is 15.3 Å². The van der Waals surface area contributed by atoms with Gasteiger partial charge in [-0.1, -0.05) is 13.8 Å². The van der Waals surface area contributed by atoms with Crippen LogP contribution in [0.3, 0.4) is 0 Å². The van der Waals surface area contributed by atoms with E-state index < -0.39 is 6.10 Å². The van der Waals surface area contributed by atoms with Gasteiger partial charge in [0.05, 0.1) is 12.0 Å². The van der Waals surface area contributed by atoms with Crippen LogP contribution < -0.4 is 5.32 Å². The summed E-state index contributed by atoms with van der Waals surface area (Å²) in [5.74, 6) is -0.0159. The van der Waals surface area contributed by atoms with Gasteiger partial charge >= 0.3 is 0 Å². The largest absolute Gasteiger partial charge is 0.392 e. The topological polar surface area (TPSA) is 69.6 Å². The lowest BCUT2D eigenvalue weighted by Crippen LogP contribution is -2.47. The van der Waals surface area contributed by atoms with Gasteiger partial charge in [-0.15, -0.1) is 0 Å². The molecule has 1 saturated heterocycles. The molecule has 0 bridgehead atoms. The first-order valence-electron chi connectivity index (χ1n) is 7.20. The van der Waals surface area contributed by atoms with Crippen molar-refractivity contribution in [1.82, 2.24) is 10.2 Å². The molecule has 1 heterocycles. The number of hydrogen-bond acceptors (Lipinski definition) is 3. The smallest absolute Gasteiger partial charge is 0.225 e. The van der Waals surface area contributed by atoms with E-state index in [-0.39, 0.29) is 30.2 Å². The zero-order valence-corrected chi connectivity index (χ0v) is 12.2. The van der Waals surface area contributed by atoms with Crippen molar-refractivity contribution in [1.29, 1.82) is 0 Å². The number of aliphatic hydroxyl groups excluding tert-OH is 1. The van der Waals surface area contributed by atoms with Crippen LogP contribution in [0.15, 0.2) is 0 Å². The second-order valence-corrected chi connectivity index (χ2v) is 5.53. The SMILES string of the molecule is CCC(C)C(=O)N1CCCC(C(=O)NCC(C)O)C1. The molecule has 3 unspecified atom stereocenters. The van der Waals surface area contributed by atoms with Gasteiger partial charge in [0.15, 0.2) is 0 Å². The zero-order chi connectivity index (χ0) is 14.4. The van der Waals surface area contributed by atoms with Crippen LogP contribution in [0.5, 0.6) is 0 Å². The normalized spacial score (nSPS) is 22.7. The Balaban J connectivity index is 2.49. The second kappa shape index (κ2) is 7.48. The van der Waals surface area contributed by atoms with Crippen molar-refractivity contribution >= 4 is 11.8 Å². The summed E-state index contributed by atoms with van der Waals surface area (Å²) in [5.41, 5.74) is 0. The van der Waals surface area contributed by atoms with E-state index in [9.17, 15) is 9.59 Å². The van der Waals surface area contributed by atoms with Gasteiger partial charge in [-0.3, -0.25) is 9.59 Å². The lowest BCUT2D eigenvalue weighted by Gasteiger charge is -2.33. The molecule has 1 aliphatic rings. The van der Waals surface area contributed by atoms with E-state index >= 15 is 0 Å². The Hall–Kier alpha value is -1.10. The van der Waals surface area contributed by atoms with Gasteiger partial charge in [0.2, 0.25) is 11.8 Å². The summed E-state index contributed by atoms with van der Waals surface area (Å²) >= 11 is 0. The van der Waals surface area contributed by atoms with Crippen LogP contribution in [-0.4, -0.2) is 47.6 Å². The maximum absolute atomic E-state index is 12.1. The predicted octanol–water partition coefficient (Wildman–Crippen LogP) is 0.768. The van der Waals surface area contributed by atoms with Gasteiger partial charge in [0.25, 0.3) is 0 Å². The molecule has 1 fully saturated rings. The van der Waals surface area contributed by atoms with Gasteiger partial charge in [0.1, 0.15) is 0 Å². The molecule has 1 rings (SSSR count). The maximum atomic E-state index is 12.1. The second-order valence-electron chi connectivity index (χ2n) is 5.53. The Labute approximate surface area is 115 Å². The van der Waals surface area contributed by atoms with Crippen LogP contribution in [0.4, 0.5) is 0 Å². The molecule has 0 radical (unpaired) electrons. The third-order valence-corrected chi connectivity index (χ3v) is 3.71. The molecule has 1 aliphatic heterocycles. The number of aliphatic hydroxyl groups is 1. The molecule has 3 atom stereocenters. The molecule has 2 amide bonds. The Morgan fingerprint density at radius 2 is 2.11 bits per heavy atom. The average Bonchev–Trinajstić information content (AvgIpc) is 2.43. The molecule has 0 aliphatic carbocycles. The van der Waals surface area contributed by atoms with Crippen molar-refractivity contribution in [3.05, 3.63) is 0 Å². The Morgan fingerprint density at radius 3 is 2.68 bits per heavy atom. The number of amides is 2. The Bertz CT molecular complexity index is 318. The minimum absolute atomic E-state index is 0.0271. The highest BCUT2D eigenvalue weighted by Crippen LogP contribution is 2.19. The van der Waals surface area contributed by atoms with Crippen molar-refractivity contribution in [2.75, 3.05) is 19.6 Å². The molecular formula is C14H26N2O3. The van der Waals surface area contributed by atoms with Crippen molar-refractivity contribution in [2.24, 2.45) is 11.8 Å². The minimum atomic E-state index is -0.537. The molecule has 5 nitrogen and oxygen atoms in total. The third kappa shape index (κ3) is 4.82. The first-order valence-corrected chi connectivity index (χ1v) is 7.20. The molecule has 0 aromatic carbocycles. The van der Waals surface area contributed by atoms with E-state index in [0.29, 0.717) is 6.54 Å². The standard InChI is InChI=1S/C14H26N2O3/c1-4-10(2)14(19)16-7-5-6-12(9-16)13(18)15-8-11(3)17/h10-12,17H,4-9H2,1-3H3,(H,15,18). The van der Waals surface area contributed by atoms with Gasteiger partial charge in [-0.25, -0.2) is 0 Å². The van der Waals surface area contributed by atoms with Crippen LogP contribution >= 0.6 is 0 Å². The fourth-order valence-electron chi connectivity index (χ4n) is 2.27. The predicted molar refractivity (Wildman–Crippen MR) is 73.4 cm³/mol. The number of nitrogens with zero attached hydrogens (tertiary/aromatic N) is 1. The molecule has 0 spiro atoms. The zero-order valence-electron chi connectivity index (χ0n) is 12.2. The summed E-state index contributed by atoms with van der Waals surface area (Å²) in [6.07, 6.45) is 1.98.